The van der Waals surface area contributed by atoms with E-state index in [2.05, 4.69) is 36.2 Å². The monoisotopic (exact) mass is 465 g/mol. The Labute approximate surface area is 204 Å². The van der Waals surface area contributed by atoms with Crippen molar-refractivity contribution in [1.29, 1.82) is 0 Å². The number of para-hydroxylation sites is 1. The molecule has 3 heterocycles. The van der Waals surface area contributed by atoms with Crippen molar-refractivity contribution in [1.82, 2.24) is 14.8 Å². The minimum absolute atomic E-state index is 0.00469. The molecule has 1 aromatic heterocycles. The maximum atomic E-state index is 13.9. The van der Waals surface area contributed by atoms with Crippen LogP contribution >= 0.6 is 0 Å². The number of hydrogen-bond donors (Lipinski definition) is 1. The van der Waals surface area contributed by atoms with Crippen LogP contribution in [0.3, 0.4) is 0 Å². The Kier molecular flexibility index (Phi) is 5.10. The van der Waals surface area contributed by atoms with Crippen molar-refractivity contribution in [3.05, 3.63) is 101 Å². The van der Waals surface area contributed by atoms with E-state index in [0.717, 1.165) is 44.6 Å². The normalized spacial score (nSPS) is 19.6. The number of methoxy groups -OCH3 is 1. The van der Waals surface area contributed by atoms with Gasteiger partial charge in [0.05, 0.1) is 13.2 Å². The molecule has 6 rings (SSSR count). The van der Waals surface area contributed by atoms with Crippen LogP contribution in [0, 0.1) is 6.92 Å². The fraction of sp³-hybridized carbons (Fsp3) is 0.241. The molecule has 2 aliphatic rings. The summed E-state index contributed by atoms with van der Waals surface area (Å²) in [5.74, 6) is 0.733. The van der Waals surface area contributed by atoms with Gasteiger partial charge in [-0.3, -0.25) is 9.59 Å². The van der Waals surface area contributed by atoms with Crippen molar-refractivity contribution in [2.75, 3.05) is 13.7 Å². The number of aromatic nitrogens is 1. The molecule has 1 N–H and O–H groups in total. The minimum Gasteiger partial charge on any atom is -0.497 e. The Morgan fingerprint density at radius 2 is 1.71 bits per heavy atom. The molecule has 2 amide bonds. The molecular formula is C29H27N3O3. The summed E-state index contributed by atoms with van der Waals surface area (Å²) in [7, 11) is 1.63. The molecule has 0 radical (unpaired) electrons. The number of aryl methyl sites for hydroxylation is 1. The summed E-state index contributed by atoms with van der Waals surface area (Å²) in [6.07, 6.45) is 0.505. The molecule has 0 bridgehead atoms. The first-order chi connectivity index (χ1) is 17.0. The Morgan fingerprint density at radius 1 is 0.971 bits per heavy atom. The number of nitrogens with one attached hydrogen (secondary N) is 1. The van der Waals surface area contributed by atoms with Crippen molar-refractivity contribution in [2.45, 2.75) is 32.0 Å². The zero-order valence-corrected chi connectivity index (χ0v) is 19.8. The van der Waals surface area contributed by atoms with E-state index in [0.29, 0.717) is 13.0 Å². The number of rotatable bonds is 4. The third kappa shape index (κ3) is 3.48. The summed E-state index contributed by atoms with van der Waals surface area (Å²) in [6.45, 7) is 2.53. The van der Waals surface area contributed by atoms with Crippen molar-refractivity contribution in [3.8, 4) is 5.75 Å². The number of amides is 2. The van der Waals surface area contributed by atoms with E-state index in [1.807, 2.05) is 53.4 Å². The number of benzene rings is 3. The Morgan fingerprint density at radius 3 is 2.49 bits per heavy atom. The molecule has 1 fully saturated rings. The first-order valence-electron chi connectivity index (χ1n) is 11.9. The van der Waals surface area contributed by atoms with Crippen LogP contribution in [0.2, 0.25) is 0 Å². The summed E-state index contributed by atoms with van der Waals surface area (Å²) in [5, 5.41) is 1.12. The van der Waals surface area contributed by atoms with Gasteiger partial charge in [-0.25, -0.2) is 0 Å². The number of aromatic amines is 1. The molecule has 1 saturated heterocycles. The van der Waals surface area contributed by atoms with E-state index in [-0.39, 0.29) is 24.4 Å². The topological polar surface area (TPSA) is 65.6 Å². The molecule has 2 aliphatic heterocycles. The summed E-state index contributed by atoms with van der Waals surface area (Å²) < 4.78 is 5.25. The maximum absolute atomic E-state index is 13.9. The fourth-order valence-corrected chi connectivity index (χ4v) is 5.63. The summed E-state index contributed by atoms with van der Waals surface area (Å²) in [5.41, 5.74) is 6.30. The molecule has 176 valence electrons. The van der Waals surface area contributed by atoms with Gasteiger partial charge in [0.15, 0.2) is 0 Å². The van der Waals surface area contributed by atoms with Gasteiger partial charge in [-0.2, -0.15) is 0 Å². The highest BCUT2D eigenvalue weighted by Gasteiger charge is 2.48. The first-order valence-corrected chi connectivity index (χ1v) is 11.9. The molecule has 0 spiro atoms. The number of nitrogens with zero attached hydrogens (tertiary/aromatic N) is 2. The molecule has 6 heteroatoms. The highest BCUT2D eigenvalue weighted by molar-refractivity contribution is 5.97. The Hall–Kier alpha value is -4.06. The number of piperazine rings is 1. The van der Waals surface area contributed by atoms with E-state index < -0.39 is 6.04 Å². The predicted molar refractivity (Wildman–Crippen MR) is 134 cm³/mol. The molecule has 6 nitrogen and oxygen atoms in total. The van der Waals surface area contributed by atoms with Gasteiger partial charge in [0.2, 0.25) is 11.8 Å². The highest BCUT2D eigenvalue weighted by Crippen LogP contribution is 2.43. The fourth-order valence-electron chi connectivity index (χ4n) is 5.63. The Bertz CT molecular complexity index is 1440. The number of ether oxygens (including phenoxy) is 1. The van der Waals surface area contributed by atoms with Crippen LogP contribution < -0.4 is 4.74 Å². The lowest BCUT2D eigenvalue weighted by atomic mass is 9.85. The zero-order valence-electron chi connectivity index (χ0n) is 19.8. The smallest absolute Gasteiger partial charge is 0.246 e. The number of fused-ring (bicyclic) bond motifs is 4. The summed E-state index contributed by atoms with van der Waals surface area (Å²) in [6, 6.07) is 23.1. The average molecular weight is 466 g/mol. The third-order valence-electron chi connectivity index (χ3n) is 7.36. The van der Waals surface area contributed by atoms with Gasteiger partial charge < -0.3 is 19.5 Å². The molecule has 4 aromatic rings. The number of carbonyl (C=O) groups excluding carboxylic acids is 2. The van der Waals surface area contributed by atoms with Crippen LogP contribution in [0.25, 0.3) is 10.9 Å². The molecule has 35 heavy (non-hydrogen) atoms. The van der Waals surface area contributed by atoms with E-state index in [9.17, 15) is 9.59 Å². The van der Waals surface area contributed by atoms with Gasteiger partial charge in [0.25, 0.3) is 0 Å². The van der Waals surface area contributed by atoms with Crippen LogP contribution in [0.1, 0.15) is 34.0 Å². The van der Waals surface area contributed by atoms with Crippen molar-refractivity contribution in [2.24, 2.45) is 0 Å². The van der Waals surface area contributed by atoms with Gasteiger partial charge in [0.1, 0.15) is 18.3 Å². The molecule has 0 unspecified atom stereocenters. The molecule has 3 aromatic carbocycles. The maximum Gasteiger partial charge on any atom is 0.246 e. The van der Waals surface area contributed by atoms with Crippen LogP contribution in [-0.2, 0) is 22.6 Å². The van der Waals surface area contributed by atoms with E-state index in [4.69, 9.17) is 4.74 Å². The lowest BCUT2D eigenvalue weighted by Crippen LogP contribution is -2.62. The molecule has 0 saturated carbocycles. The summed E-state index contributed by atoms with van der Waals surface area (Å²) >= 11 is 0. The minimum atomic E-state index is -0.536. The quantitative estimate of drug-likeness (QED) is 0.487. The second-order valence-electron chi connectivity index (χ2n) is 9.39. The van der Waals surface area contributed by atoms with Gasteiger partial charge in [-0.05, 0) is 47.4 Å². The molecular weight excluding hydrogens is 438 g/mol. The van der Waals surface area contributed by atoms with Crippen molar-refractivity contribution < 1.29 is 14.3 Å². The van der Waals surface area contributed by atoms with Crippen LogP contribution in [0.5, 0.6) is 5.75 Å². The van der Waals surface area contributed by atoms with Crippen LogP contribution in [-0.4, -0.2) is 46.3 Å². The SMILES string of the molecule is COc1ccc(CN2CC(=O)N3[C@@H](c4ccccc4C)c4[nH]c5ccccc5c4C[C@H]3C2=O)cc1. The summed E-state index contributed by atoms with van der Waals surface area (Å²) in [4.78, 5) is 34.7. The largest absolute Gasteiger partial charge is 0.497 e. The lowest BCUT2D eigenvalue weighted by Gasteiger charge is -2.47. The van der Waals surface area contributed by atoms with Gasteiger partial charge in [-0.15, -0.1) is 0 Å². The van der Waals surface area contributed by atoms with E-state index >= 15 is 0 Å². The van der Waals surface area contributed by atoms with E-state index in [1.165, 1.54) is 0 Å². The van der Waals surface area contributed by atoms with Crippen LogP contribution in [0.15, 0.2) is 72.8 Å². The highest BCUT2D eigenvalue weighted by atomic mass is 16.5. The second kappa shape index (κ2) is 8.31. The third-order valence-corrected chi connectivity index (χ3v) is 7.36. The number of hydrogen-bond acceptors (Lipinski definition) is 3. The first kappa shape index (κ1) is 21.5. The van der Waals surface area contributed by atoms with Gasteiger partial charge in [0, 0.05) is 29.6 Å². The zero-order chi connectivity index (χ0) is 24.1. The van der Waals surface area contributed by atoms with Gasteiger partial charge >= 0.3 is 0 Å². The van der Waals surface area contributed by atoms with Crippen molar-refractivity contribution >= 4 is 22.7 Å². The molecule has 0 aliphatic carbocycles. The standard InChI is InChI=1S/C29H27N3O3/c1-18-7-3-4-8-21(18)28-27-23(22-9-5-6-10-24(22)30-27)15-25-29(34)31(17-26(33)32(25)28)16-19-11-13-20(35-2)14-12-19/h3-14,25,28,30H,15-17H2,1-2H3/t25-,28-/m0/s1. The second-order valence-corrected chi connectivity index (χ2v) is 9.39. The van der Waals surface area contributed by atoms with E-state index in [1.54, 1.807) is 12.0 Å². The lowest BCUT2D eigenvalue weighted by molar-refractivity contribution is -0.159. The van der Waals surface area contributed by atoms with Gasteiger partial charge in [-0.1, -0.05) is 54.6 Å². The predicted octanol–water partition coefficient (Wildman–Crippen LogP) is 4.37. The van der Waals surface area contributed by atoms with Crippen molar-refractivity contribution in [3.63, 3.8) is 0 Å². The molecule has 2 atom stereocenters. The average Bonchev–Trinajstić information content (AvgIpc) is 3.25. The number of carbonyl (C=O) groups is 2. The van der Waals surface area contributed by atoms with Crippen LogP contribution in [0.4, 0.5) is 0 Å². The Balaban J connectivity index is 1.43. The number of H-pyrrole nitrogens is 1.